The number of amides is 1. The van der Waals surface area contributed by atoms with Gasteiger partial charge in [0.05, 0.1) is 0 Å². The number of nitrogens with zero attached hydrogens (tertiary/aromatic N) is 2. The highest BCUT2D eigenvalue weighted by molar-refractivity contribution is 5.93. The molecule has 0 aliphatic rings. The van der Waals surface area contributed by atoms with Crippen LogP contribution in [0.5, 0.6) is 5.75 Å². The van der Waals surface area contributed by atoms with Gasteiger partial charge in [-0.1, -0.05) is 44.2 Å². The molecule has 2 aromatic carbocycles. The van der Waals surface area contributed by atoms with E-state index in [9.17, 15) is 4.79 Å². The maximum Gasteiger partial charge on any atom is 0.270 e. The molecule has 1 amide bonds. The van der Waals surface area contributed by atoms with E-state index in [-0.39, 0.29) is 5.91 Å². The topological polar surface area (TPSA) is 76.1 Å². The zero-order valence-electron chi connectivity index (χ0n) is 17.0. The number of hydrogen-bond acceptors (Lipinski definition) is 5. The molecule has 6 heteroatoms. The van der Waals surface area contributed by atoms with Crippen LogP contribution in [0.4, 0.5) is 11.5 Å². The molecule has 1 aromatic heterocycles. The Morgan fingerprint density at radius 2 is 1.76 bits per heavy atom. The van der Waals surface area contributed by atoms with Gasteiger partial charge in [-0.2, -0.15) is 0 Å². The molecule has 0 bridgehead atoms. The number of rotatable bonds is 8. The molecule has 0 spiro atoms. The Bertz CT molecular complexity index is 941. The van der Waals surface area contributed by atoms with E-state index in [4.69, 9.17) is 4.74 Å². The molecular formula is C23H26N4O2. The number of carbonyl (C=O) groups is 1. The highest BCUT2D eigenvalue weighted by Crippen LogP contribution is 2.20. The molecule has 29 heavy (non-hydrogen) atoms. The number of benzene rings is 2. The second-order valence-corrected chi connectivity index (χ2v) is 7.21. The molecule has 2 N–H and O–H groups in total. The Hall–Kier alpha value is -3.41. The molecule has 0 radical (unpaired) electrons. The summed E-state index contributed by atoms with van der Waals surface area (Å²) >= 11 is 0. The van der Waals surface area contributed by atoms with Crippen molar-refractivity contribution < 1.29 is 9.53 Å². The van der Waals surface area contributed by atoms with Gasteiger partial charge in [-0.25, -0.2) is 9.97 Å². The highest BCUT2D eigenvalue weighted by atomic mass is 16.5. The van der Waals surface area contributed by atoms with Gasteiger partial charge in [-0.15, -0.1) is 0 Å². The van der Waals surface area contributed by atoms with Crippen molar-refractivity contribution in [1.29, 1.82) is 0 Å². The van der Waals surface area contributed by atoms with Crippen LogP contribution in [0, 0.1) is 12.8 Å². The van der Waals surface area contributed by atoms with Crippen LogP contribution in [-0.4, -0.2) is 22.4 Å². The molecule has 1 heterocycles. The Morgan fingerprint density at radius 1 is 1.03 bits per heavy atom. The van der Waals surface area contributed by atoms with Crippen molar-refractivity contribution in [2.45, 2.75) is 27.4 Å². The van der Waals surface area contributed by atoms with Gasteiger partial charge in [0, 0.05) is 18.3 Å². The maximum atomic E-state index is 12.3. The highest BCUT2D eigenvalue weighted by Gasteiger charge is 2.11. The normalized spacial score (nSPS) is 10.6. The third-order valence-corrected chi connectivity index (χ3v) is 4.12. The summed E-state index contributed by atoms with van der Waals surface area (Å²) in [5.74, 6) is 2.07. The molecule has 0 atom stereocenters. The van der Waals surface area contributed by atoms with Crippen molar-refractivity contribution in [3.8, 4) is 5.75 Å². The average Bonchev–Trinajstić information content (AvgIpc) is 2.72. The van der Waals surface area contributed by atoms with Crippen molar-refractivity contribution in [3.63, 3.8) is 0 Å². The molecular weight excluding hydrogens is 364 g/mol. The maximum absolute atomic E-state index is 12.3. The fourth-order valence-electron chi connectivity index (χ4n) is 2.66. The third kappa shape index (κ3) is 6.31. The number of aryl methyl sites for hydroxylation is 1. The van der Waals surface area contributed by atoms with Crippen LogP contribution in [0.15, 0.2) is 60.7 Å². The molecule has 150 valence electrons. The van der Waals surface area contributed by atoms with Crippen LogP contribution in [0.25, 0.3) is 0 Å². The van der Waals surface area contributed by atoms with Gasteiger partial charge < -0.3 is 15.4 Å². The molecule has 3 aromatic rings. The third-order valence-electron chi connectivity index (χ3n) is 4.12. The summed E-state index contributed by atoms with van der Waals surface area (Å²) in [5.41, 5.74) is 2.32. The standard InChI is InChI=1S/C23H26N4O2/c1-16(2)14-24-23(28)21-13-22(26-17(3)25-21)27-19-9-11-20(12-10-19)29-15-18-7-5-4-6-8-18/h4-13,16H,14-15H2,1-3H3,(H,24,28)(H,25,26,27). The Balaban J connectivity index is 1.62. The van der Waals surface area contributed by atoms with E-state index in [0.29, 0.717) is 36.4 Å². The second kappa shape index (κ2) is 9.68. The van der Waals surface area contributed by atoms with Crippen molar-refractivity contribution in [2.24, 2.45) is 5.92 Å². The molecule has 0 saturated heterocycles. The lowest BCUT2D eigenvalue weighted by Gasteiger charge is -2.11. The van der Waals surface area contributed by atoms with E-state index in [1.54, 1.807) is 13.0 Å². The minimum Gasteiger partial charge on any atom is -0.489 e. The quantitative estimate of drug-likeness (QED) is 0.592. The van der Waals surface area contributed by atoms with Crippen molar-refractivity contribution in [2.75, 3.05) is 11.9 Å². The van der Waals surface area contributed by atoms with Gasteiger partial charge in [0.2, 0.25) is 0 Å². The van der Waals surface area contributed by atoms with E-state index in [0.717, 1.165) is 17.0 Å². The van der Waals surface area contributed by atoms with Gasteiger partial charge in [0.25, 0.3) is 5.91 Å². The molecule has 0 saturated carbocycles. The fraction of sp³-hybridized carbons (Fsp3) is 0.261. The van der Waals surface area contributed by atoms with E-state index < -0.39 is 0 Å². The first-order valence-corrected chi connectivity index (χ1v) is 9.67. The van der Waals surface area contributed by atoms with Crippen molar-refractivity contribution in [3.05, 3.63) is 77.7 Å². The first-order chi connectivity index (χ1) is 14.0. The van der Waals surface area contributed by atoms with Gasteiger partial charge in [-0.3, -0.25) is 4.79 Å². The van der Waals surface area contributed by atoms with E-state index >= 15 is 0 Å². The second-order valence-electron chi connectivity index (χ2n) is 7.21. The first-order valence-electron chi connectivity index (χ1n) is 9.67. The first kappa shape index (κ1) is 20.3. The molecule has 3 rings (SSSR count). The number of ether oxygens (including phenoxy) is 1. The Kier molecular flexibility index (Phi) is 6.79. The summed E-state index contributed by atoms with van der Waals surface area (Å²) in [6.07, 6.45) is 0. The molecule has 6 nitrogen and oxygen atoms in total. The monoisotopic (exact) mass is 390 g/mol. The number of carbonyl (C=O) groups excluding carboxylic acids is 1. The molecule has 0 aliphatic carbocycles. The Morgan fingerprint density at radius 3 is 2.45 bits per heavy atom. The van der Waals surface area contributed by atoms with Gasteiger partial charge in [0.1, 0.15) is 29.7 Å². The molecule has 0 unspecified atom stereocenters. The summed E-state index contributed by atoms with van der Waals surface area (Å²) in [5, 5.41) is 6.10. The lowest BCUT2D eigenvalue weighted by Crippen LogP contribution is -2.28. The fourth-order valence-corrected chi connectivity index (χ4v) is 2.66. The minimum atomic E-state index is -0.197. The van der Waals surface area contributed by atoms with Crippen molar-refractivity contribution >= 4 is 17.4 Å². The summed E-state index contributed by atoms with van der Waals surface area (Å²) < 4.78 is 5.81. The smallest absolute Gasteiger partial charge is 0.270 e. The van der Waals surface area contributed by atoms with Crippen LogP contribution in [0.1, 0.15) is 35.7 Å². The molecule has 0 fully saturated rings. The van der Waals surface area contributed by atoms with Crippen LogP contribution in [-0.2, 0) is 6.61 Å². The van der Waals surface area contributed by atoms with Crippen molar-refractivity contribution in [1.82, 2.24) is 15.3 Å². The average molecular weight is 390 g/mol. The number of anilines is 2. The zero-order chi connectivity index (χ0) is 20.6. The minimum absolute atomic E-state index is 0.197. The van der Waals surface area contributed by atoms with Crippen LogP contribution < -0.4 is 15.4 Å². The SMILES string of the molecule is Cc1nc(Nc2ccc(OCc3ccccc3)cc2)cc(C(=O)NCC(C)C)n1. The number of nitrogens with one attached hydrogen (secondary N) is 2. The van der Waals surface area contributed by atoms with Crippen LogP contribution in [0.2, 0.25) is 0 Å². The summed E-state index contributed by atoms with van der Waals surface area (Å²) in [6.45, 7) is 6.99. The van der Waals surface area contributed by atoms with E-state index in [1.807, 2.05) is 68.4 Å². The van der Waals surface area contributed by atoms with Gasteiger partial charge >= 0.3 is 0 Å². The summed E-state index contributed by atoms with van der Waals surface area (Å²) in [4.78, 5) is 20.9. The summed E-state index contributed by atoms with van der Waals surface area (Å²) in [7, 11) is 0. The predicted molar refractivity (Wildman–Crippen MR) is 114 cm³/mol. The lowest BCUT2D eigenvalue weighted by atomic mass is 10.2. The predicted octanol–water partition coefficient (Wildman–Crippen LogP) is 4.49. The molecule has 0 aliphatic heterocycles. The van der Waals surface area contributed by atoms with Gasteiger partial charge in [0.15, 0.2) is 0 Å². The number of aromatic nitrogens is 2. The summed E-state index contributed by atoms with van der Waals surface area (Å²) in [6, 6.07) is 19.3. The Labute approximate surface area is 171 Å². The van der Waals surface area contributed by atoms with Crippen LogP contribution in [0.3, 0.4) is 0 Å². The van der Waals surface area contributed by atoms with Gasteiger partial charge in [-0.05, 0) is 42.7 Å². The van der Waals surface area contributed by atoms with E-state index in [2.05, 4.69) is 20.6 Å². The lowest BCUT2D eigenvalue weighted by molar-refractivity contribution is 0.0943. The van der Waals surface area contributed by atoms with Crippen LogP contribution >= 0.6 is 0 Å². The zero-order valence-corrected chi connectivity index (χ0v) is 17.0. The largest absolute Gasteiger partial charge is 0.489 e. The van der Waals surface area contributed by atoms with E-state index in [1.165, 1.54) is 0 Å². The number of hydrogen-bond donors (Lipinski definition) is 2.